The van der Waals surface area contributed by atoms with E-state index in [0.29, 0.717) is 17.0 Å². The third-order valence-electron chi connectivity index (χ3n) is 2.52. The largest absolute Gasteiger partial charge is 0.363 e. The summed E-state index contributed by atoms with van der Waals surface area (Å²) < 4.78 is 26.9. The molecule has 0 saturated carbocycles. The van der Waals surface area contributed by atoms with E-state index < -0.39 is 6.55 Å². The van der Waals surface area contributed by atoms with Gasteiger partial charge in [-0.15, -0.1) is 0 Å². The van der Waals surface area contributed by atoms with E-state index in [-0.39, 0.29) is 0 Å². The minimum atomic E-state index is -2.61. The van der Waals surface area contributed by atoms with Crippen LogP contribution in [0.5, 0.6) is 0 Å². The van der Waals surface area contributed by atoms with Crippen molar-refractivity contribution in [3.8, 4) is 0 Å². The summed E-state index contributed by atoms with van der Waals surface area (Å²) in [6, 6.07) is 1.51. The van der Waals surface area contributed by atoms with Crippen LogP contribution in [0.25, 0.3) is 0 Å². The summed E-state index contributed by atoms with van der Waals surface area (Å²) in [6.07, 6.45) is 3.00. The second-order valence-electron chi connectivity index (χ2n) is 3.71. The molecular formula is C10H13F2N5. The van der Waals surface area contributed by atoms with Crippen LogP contribution in [0.3, 0.4) is 0 Å². The molecule has 7 heteroatoms. The van der Waals surface area contributed by atoms with Gasteiger partial charge < -0.3 is 5.32 Å². The lowest BCUT2D eigenvalue weighted by molar-refractivity contribution is 0.0569. The van der Waals surface area contributed by atoms with E-state index in [1.165, 1.54) is 12.3 Å². The van der Waals surface area contributed by atoms with Crippen molar-refractivity contribution in [1.29, 1.82) is 0 Å². The van der Waals surface area contributed by atoms with E-state index in [1.807, 2.05) is 14.0 Å². The number of nitrogens with zero attached hydrogens (tertiary/aromatic N) is 4. The predicted molar refractivity (Wildman–Crippen MR) is 58.8 cm³/mol. The molecule has 0 radical (unpaired) electrons. The Bertz CT molecular complexity index is 483. The molecule has 0 amide bonds. The maximum Gasteiger partial charge on any atom is 0.333 e. The van der Waals surface area contributed by atoms with Gasteiger partial charge >= 0.3 is 6.55 Å². The van der Waals surface area contributed by atoms with Crippen LogP contribution in [-0.4, -0.2) is 19.6 Å². The first-order valence-electron chi connectivity index (χ1n) is 5.12. The van der Waals surface area contributed by atoms with Crippen LogP contribution >= 0.6 is 0 Å². The van der Waals surface area contributed by atoms with Crippen LogP contribution in [0.4, 0.5) is 14.6 Å². The second kappa shape index (κ2) is 4.52. The van der Waals surface area contributed by atoms with Gasteiger partial charge in [-0.2, -0.15) is 19.0 Å². The minimum absolute atomic E-state index is 0.422. The predicted octanol–water partition coefficient (Wildman–Crippen LogP) is 1.93. The quantitative estimate of drug-likeness (QED) is 0.889. The van der Waals surface area contributed by atoms with Gasteiger partial charge in [0.1, 0.15) is 5.82 Å². The Kier molecular flexibility index (Phi) is 3.08. The number of aryl methyl sites for hydroxylation is 2. The molecule has 2 rings (SSSR count). The molecule has 92 valence electrons. The van der Waals surface area contributed by atoms with Gasteiger partial charge in [0.15, 0.2) is 0 Å². The van der Waals surface area contributed by atoms with Gasteiger partial charge in [0.2, 0.25) is 0 Å². The molecule has 0 aromatic carbocycles. The second-order valence-corrected chi connectivity index (χ2v) is 3.71. The smallest absolute Gasteiger partial charge is 0.333 e. The van der Waals surface area contributed by atoms with Gasteiger partial charge in [-0.25, -0.2) is 4.68 Å². The highest BCUT2D eigenvalue weighted by atomic mass is 19.3. The summed E-state index contributed by atoms with van der Waals surface area (Å²) in [4.78, 5) is 0. The van der Waals surface area contributed by atoms with Gasteiger partial charge in [-0.1, -0.05) is 0 Å². The number of anilines is 1. The lowest BCUT2D eigenvalue weighted by Crippen LogP contribution is -2.07. The Morgan fingerprint density at radius 3 is 2.76 bits per heavy atom. The van der Waals surface area contributed by atoms with Crippen molar-refractivity contribution >= 4 is 5.82 Å². The SMILES string of the molecule is Cc1cnn(C)c1CNc1ccn(C(F)F)n1. The number of alkyl halides is 2. The number of aromatic nitrogens is 4. The Labute approximate surface area is 97.0 Å². The van der Waals surface area contributed by atoms with E-state index in [4.69, 9.17) is 0 Å². The fourth-order valence-corrected chi connectivity index (χ4v) is 1.54. The van der Waals surface area contributed by atoms with Crippen molar-refractivity contribution in [1.82, 2.24) is 19.6 Å². The standard InChI is InChI=1S/C10H13F2N5/c1-7-5-14-16(2)8(7)6-13-9-3-4-17(15-9)10(11)12/h3-5,10H,6H2,1-2H3,(H,13,15). The highest BCUT2D eigenvalue weighted by Crippen LogP contribution is 2.13. The molecule has 0 aliphatic heterocycles. The highest BCUT2D eigenvalue weighted by molar-refractivity contribution is 5.33. The van der Waals surface area contributed by atoms with Crippen LogP contribution in [0, 0.1) is 6.92 Å². The Balaban J connectivity index is 2.02. The third kappa shape index (κ3) is 2.43. The molecule has 2 heterocycles. The lowest BCUT2D eigenvalue weighted by Gasteiger charge is -2.05. The molecule has 0 aliphatic carbocycles. The van der Waals surface area contributed by atoms with Crippen LogP contribution in [0.2, 0.25) is 0 Å². The summed E-state index contributed by atoms with van der Waals surface area (Å²) in [5.41, 5.74) is 2.05. The molecule has 0 fully saturated rings. The fourth-order valence-electron chi connectivity index (χ4n) is 1.54. The number of hydrogen-bond acceptors (Lipinski definition) is 3. The summed E-state index contributed by atoms with van der Waals surface area (Å²) >= 11 is 0. The molecule has 2 aromatic heterocycles. The molecule has 0 aliphatic rings. The Morgan fingerprint density at radius 1 is 1.47 bits per heavy atom. The fraction of sp³-hybridized carbons (Fsp3) is 0.400. The molecule has 1 N–H and O–H groups in total. The van der Waals surface area contributed by atoms with Crippen molar-refractivity contribution in [3.63, 3.8) is 0 Å². The van der Waals surface area contributed by atoms with Crippen LogP contribution < -0.4 is 5.32 Å². The molecular weight excluding hydrogens is 228 g/mol. The summed E-state index contributed by atoms with van der Waals surface area (Å²) in [7, 11) is 1.84. The number of hydrogen-bond donors (Lipinski definition) is 1. The van der Waals surface area contributed by atoms with E-state index in [0.717, 1.165) is 11.3 Å². The van der Waals surface area contributed by atoms with Crippen molar-refractivity contribution in [3.05, 3.63) is 29.7 Å². The normalized spacial score (nSPS) is 11.1. The maximum absolute atomic E-state index is 12.3. The summed E-state index contributed by atoms with van der Waals surface area (Å²) in [5, 5.41) is 10.8. The Hall–Kier alpha value is -1.92. The Morgan fingerprint density at radius 2 is 2.24 bits per heavy atom. The van der Waals surface area contributed by atoms with Gasteiger partial charge in [0.05, 0.1) is 18.4 Å². The first-order chi connectivity index (χ1) is 8.08. The van der Waals surface area contributed by atoms with E-state index >= 15 is 0 Å². The van der Waals surface area contributed by atoms with Crippen LogP contribution in [-0.2, 0) is 13.6 Å². The minimum Gasteiger partial charge on any atom is -0.363 e. The number of nitrogens with one attached hydrogen (secondary N) is 1. The summed E-state index contributed by atoms with van der Waals surface area (Å²) in [6.45, 7) is -0.159. The number of rotatable bonds is 4. The van der Waals surface area contributed by atoms with Crippen molar-refractivity contribution in [2.45, 2.75) is 20.0 Å². The average Bonchev–Trinajstić information content (AvgIpc) is 2.85. The molecule has 5 nitrogen and oxygen atoms in total. The van der Waals surface area contributed by atoms with Crippen molar-refractivity contribution in [2.75, 3.05) is 5.32 Å². The average molecular weight is 241 g/mol. The zero-order valence-electron chi connectivity index (χ0n) is 9.56. The first kappa shape index (κ1) is 11.6. The monoisotopic (exact) mass is 241 g/mol. The van der Waals surface area contributed by atoms with Crippen LogP contribution in [0.15, 0.2) is 18.5 Å². The van der Waals surface area contributed by atoms with E-state index in [9.17, 15) is 8.78 Å². The highest BCUT2D eigenvalue weighted by Gasteiger charge is 2.08. The van der Waals surface area contributed by atoms with Gasteiger partial charge in [-0.05, 0) is 12.5 Å². The molecule has 2 aromatic rings. The molecule has 0 unspecified atom stereocenters. The zero-order chi connectivity index (χ0) is 12.4. The van der Waals surface area contributed by atoms with E-state index in [1.54, 1.807) is 10.9 Å². The molecule has 17 heavy (non-hydrogen) atoms. The third-order valence-corrected chi connectivity index (χ3v) is 2.52. The molecule has 0 spiro atoms. The zero-order valence-corrected chi connectivity index (χ0v) is 9.56. The maximum atomic E-state index is 12.3. The van der Waals surface area contributed by atoms with Gasteiger partial charge in [0.25, 0.3) is 0 Å². The molecule has 0 saturated heterocycles. The van der Waals surface area contributed by atoms with Gasteiger partial charge in [-0.3, -0.25) is 4.68 Å². The van der Waals surface area contributed by atoms with Gasteiger partial charge in [0, 0.05) is 19.3 Å². The van der Waals surface area contributed by atoms with Crippen LogP contribution in [0.1, 0.15) is 17.8 Å². The topological polar surface area (TPSA) is 47.7 Å². The number of halogens is 2. The first-order valence-corrected chi connectivity index (χ1v) is 5.12. The van der Waals surface area contributed by atoms with Crippen molar-refractivity contribution in [2.24, 2.45) is 7.05 Å². The molecule has 0 atom stereocenters. The van der Waals surface area contributed by atoms with Crippen molar-refractivity contribution < 1.29 is 8.78 Å². The lowest BCUT2D eigenvalue weighted by atomic mass is 10.3. The summed E-state index contributed by atoms with van der Waals surface area (Å²) in [5.74, 6) is 0.422. The van der Waals surface area contributed by atoms with E-state index in [2.05, 4.69) is 15.5 Å². The molecule has 0 bridgehead atoms.